The Balaban J connectivity index is 1.37. The molecule has 0 aliphatic carbocycles. The molecule has 4 aromatic rings. The predicted molar refractivity (Wildman–Crippen MR) is 112 cm³/mol. The van der Waals surface area contributed by atoms with Gasteiger partial charge in [0.25, 0.3) is 0 Å². The first-order valence-electron chi connectivity index (χ1n) is 9.70. The lowest BCUT2D eigenvalue weighted by molar-refractivity contribution is 0.572. The lowest BCUT2D eigenvalue weighted by Gasteiger charge is -2.09. The Hall–Kier alpha value is -3.88. The number of hydrogen-bond donors (Lipinski definition) is 3. The Kier molecular flexibility index (Phi) is 5.88. The van der Waals surface area contributed by atoms with Crippen molar-refractivity contribution in [1.29, 1.82) is 0 Å². The molecule has 0 spiro atoms. The largest absolute Gasteiger partial charge is 0.461 e. The lowest BCUT2D eigenvalue weighted by Crippen LogP contribution is -2.37. The zero-order valence-electron chi connectivity index (χ0n) is 16.8. The maximum atomic E-state index is 5.60. The van der Waals surface area contributed by atoms with Gasteiger partial charge >= 0.3 is 0 Å². The third kappa shape index (κ3) is 4.75. The van der Waals surface area contributed by atoms with Crippen molar-refractivity contribution in [2.45, 2.75) is 26.9 Å². The van der Waals surface area contributed by atoms with E-state index in [0.29, 0.717) is 42.3 Å². The topological polar surface area (TPSA) is 117 Å². The van der Waals surface area contributed by atoms with Gasteiger partial charge in [-0.2, -0.15) is 0 Å². The molecule has 0 amide bonds. The van der Waals surface area contributed by atoms with E-state index in [9.17, 15) is 0 Å². The number of benzene rings is 1. The maximum absolute atomic E-state index is 5.60. The Morgan fingerprint density at radius 2 is 1.97 bits per heavy atom. The summed E-state index contributed by atoms with van der Waals surface area (Å²) in [5.41, 5.74) is 2.89. The monoisotopic (exact) mass is 405 g/mol. The van der Waals surface area contributed by atoms with Gasteiger partial charge in [-0.3, -0.25) is 5.10 Å². The van der Waals surface area contributed by atoms with Gasteiger partial charge in [-0.1, -0.05) is 17.7 Å². The predicted octanol–water partition coefficient (Wildman–Crippen LogP) is 3.28. The minimum atomic E-state index is 0.388. The Morgan fingerprint density at radius 3 is 2.73 bits per heavy atom. The molecule has 4 rings (SSSR count). The van der Waals surface area contributed by atoms with Crippen LogP contribution < -0.4 is 10.6 Å². The molecule has 3 heterocycles. The van der Waals surface area contributed by atoms with Gasteiger partial charge in [0.1, 0.15) is 17.8 Å². The molecule has 0 aliphatic rings. The number of H-pyrrole nitrogens is 1. The fourth-order valence-electron chi connectivity index (χ4n) is 2.77. The fraction of sp³-hybridized carbons (Fsp3) is 0.238. The number of aryl methyl sites for hydroxylation is 1. The molecule has 0 fully saturated rings. The number of hydrogen-bond acceptors (Lipinski definition) is 6. The fourth-order valence-corrected chi connectivity index (χ4v) is 2.77. The van der Waals surface area contributed by atoms with Crippen LogP contribution in [-0.4, -0.2) is 32.7 Å². The minimum absolute atomic E-state index is 0.388. The van der Waals surface area contributed by atoms with Gasteiger partial charge in [-0.25, -0.2) is 15.0 Å². The highest BCUT2D eigenvalue weighted by molar-refractivity contribution is 5.79. The molecule has 1 aromatic carbocycles. The highest BCUT2D eigenvalue weighted by Gasteiger charge is 2.09. The van der Waals surface area contributed by atoms with Crippen molar-refractivity contribution >= 4 is 5.96 Å². The summed E-state index contributed by atoms with van der Waals surface area (Å²) < 4.78 is 10.9. The van der Waals surface area contributed by atoms with Gasteiger partial charge in [-0.05, 0) is 38.1 Å². The molecule has 30 heavy (non-hydrogen) atoms. The van der Waals surface area contributed by atoms with Gasteiger partial charge in [-0.15, -0.1) is 5.10 Å². The van der Waals surface area contributed by atoms with Crippen LogP contribution in [0.5, 0.6) is 0 Å². The van der Waals surface area contributed by atoms with E-state index in [-0.39, 0.29) is 0 Å². The molecule has 3 aromatic heterocycles. The number of aromatic nitrogens is 4. The van der Waals surface area contributed by atoms with Crippen molar-refractivity contribution in [3.63, 3.8) is 0 Å². The summed E-state index contributed by atoms with van der Waals surface area (Å²) in [6.07, 6.45) is 3.22. The summed E-state index contributed by atoms with van der Waals surface area (Å²) in [6, 6.07) is 11.7. The molecular weight excluding hydrogens is 382 g/mol. The van der Waals surface area contributed by atoms with Crippen LogP contribution in [0.2, 0.25) is 0 Å². The molecule has 0 bridgehead atoms. The van der Waals surface area contributed by atoms with Crippen LogP contribution >= 0.6 is 0 Å². The van der Waals surface area contributed by atoms with Crippen molar-refractivity contribution in [3.8, 4) is 23.0 Å². The van der Waals surface area contributed by atoms with Crippen molar-refractivity contribution in [3.05, 3.63) is 66.0 Å². The van der Waals surface area contributed by atoms with E-state index < -0.39 is 0 Å². The van der Waals surface area contributed by atoms with Crippen LogP contribution in [0.1, 0.15) is 24.0 Å². The number of aliphatic imine (C=N–C) groups is 1. The minimum Gasteiger partial charge on any atom is -0.461 e. The molecule has 0 saturated heterocycles. The number of nitrogens with one attached hydrogen (secondary N) is 3. The Bertz CT molecular complexity index is 1090. The zero-order valence-corrected chi connectivity index (χ0v) is 16.8. The van der Waals surface area contributed by atoms with E-state index in [1.54, 1.807) is 18.6 Å². The van der Waals surface area contributed by atoms with E-state index in [0.717, 1.165) is 17.8 Å². The molecule has 3 N–H and O–H groups in total. The molecule has 9 nitrogen and oxygen atoms in total. The second-order valence-electron chi connectivity index (χ2n) is 6.64. The third-order valence-corrected chi connectivity index (χ3v) is 4.29. The van der Waals surface area contributed by atoms with Crippen LogP contribution in [-0.2, 0) is 13.1 Å². The van der Waals surface area contributed by atoms with Crippen LogP contribution in [0.4, 0.5) is 0 Å². The average molecular weight is 405 g/mol. The van der Waals surface area contributed by atoms with Gasteiger partial charge in [0.05, 0.1) is 19.4 Å². The van der Waals surface area contributed by atoms with Crippen LogP contribution in [0.15, 0.2) is 62.8 Å². The molecule has 0 aliphatic heterocycles. The third-order valence-electron chi connectivity index (χ3n) is 4.29. The second-order valence-corrected chi connectivity index (χ2v) is 6.64. The van der Waals surface area contributed by atoms with Crippen LogP contribution in [0.3, 0.4) is 0 Å². The zero-order chi connectivity index (χ0) is 20.8. The van der Waals surface area contributed by atoms with Crippen molar-refractivity contribution in [2.75, 3.05) is 6.54 Å². The van der Waals surface area contributed by atoms with E-state index in [4.69, 9.17) is 8.83 Å². The summed E-state index contributed by atoms with van der Waals surface area (Å²) in [4.78, 5) is 13.5. The van der Waals surface area contributed by atoms with E-state index in [1.807, 2.05) is 44.2 Å². The van der Waals surface area contributed by atoms with Crippen molar-refractivity contribution < 1.29 is 8.83 Å². The SMILES string of the molecule is CCNC(=NCc1coc(-c2ccc(C)cc2)n1)NCc1nc(-c2ccco2)n[nH]1. The molecule has 0 saturated carbocycles. The molecule has 0 unspecified atom stereocenters. The van der Waals surface area contributed by atoms with Gasteiger partial charge in [0.2, 0.25) is 11.7 Å². The van der Waals surface area contributed by atoms with Gasteiger partial charge in [0.15, 0.2) is 11.7 Å². The Labute approximate surface area is 173 Å². The normalized spacial score (nSPS) is 11.6. The van der Waals surface area contributed by atoms with E-state index in [1.165, 1.54) is 5.56 Å². The van der Waals surface area contributed by atoms with Crippen molar-refractivity contribution in [1.82, 2.24) is 30.8 Å². The van der Waals surface area contributed by atoms with E-state index in [2.05, 4.69) is 35.8 Å². The maximum Gasteiger partial charge on any atom is 0.226 e. The first kappa shape index (κ1) is 19.4. The Morgan fingerprint density at radius 1 is 1.10 bits per heavy atom. The highest BCUT2D eigenvalue weighted by atomic mass is 16.3. The first-order chi connectivity index (χ1) is 14.7. The first-order valence-corrected chi connectivity index (χ1v) is 9.70. The molecule has 154 valence electrons. The molecular formula is C21H23N7O2. The summed E-state index contributed by atoms with van der Waals surface area (Å²) in [6.45, 7) is 5.61. The highest BCUT2D eigenvalue weighted by Crippen LogP contribution is 2.19. The van der Waals surface area contributed by atoms with Crippen LogP contribution in [0, 0.1) is 6.92 Å². The molecule has 0 radical (unpaired) electrons. The average Bonchev–Trinajstić information content (AvgIpc) is 3.52. The number of oxazole rings is 1. The van der Waals surface area contributed by atoms with E-state index >= 15 is 0 Å². The summed E-state index contributed by atoms with van der Waals surface area (Å²) in [5.74, 6) is 3.05. The summed E-state index contributed by atoms with van der Waals surface area (Å²) in [5, 5.41) is 13.5. The number of guanidine groups is 1. The van der Waals surface area contributed by atoms with Crippen LogP contribution in [0.25, 0.3) is 23.0 Å². The lowest BCUT2D eigenvalue weighted by atomic mass is 10.1. The van der Waals surface area contributed by atoms with Crippen molar-refractivity contribution in [2.24, 2.45) is 4.99 Å². The van der Waals surface area contributed by atoms with Gasteiger partial charge in [0, 0.05) is 12.1 Å². The number of rotatable bonds is 7. The standard InChI is InChI=1S/C21H23N7O2/c1-3-22-21(24-12-18-26-19(28-27-18)17-5-4-10-29-17)23-11-16-13-30-20(25-16)15-8-6-14(2)7-9-15/h4-10,13H,3,11-12H2,1-2H3,(H2,22,23,24)(H,26,27,28). The number of furan rings is 1. The number of nitrogens with zero attached hydrogens (tertiary/aromatic N) is 4. The molecule has 9 heteroatoms. The molecule has 0 atom stereocenters. The summed E-state index contributed by atoms with van der Waals surface area (Å²) >= 11 is 0. The van der Waals surface area contributed by atoms with Gasteiger partial charge < -0.3 is 19.5 Å². The quantitative estimate of drug-likeness (QED) is 0.319. The number of aromatic amines is 1. The smallest absolute Gasteiger partial charge is 0.226 e. The second kappa shape index (κ2) is 9.08. The summed E-state index contributed by atoms with van der Waals surface area (Å²) in [7, 11) is 0.